The Bertz CT molecular complexity index is 342. The van der Waals surface area contributed by atoms with Crippen LogP contribution >= 0.6 is 0 Å². The maximum Gasteiger partial charge on any atom is 0.100 e. The normalized spacial score (nSPS) is 14.1. The highest BCUT2D eigenvalue weighted by Gasteiger charge is 2.30. The molecular weight excluding hydrogens is 198 g/mol. The molecule has 0 aliphatic heterocycles. The van der Waals surface area contributed by atoms with Crippen molar-refractivity contribution in [2.24, 2.45) is 0 Å². The van der Waals surface area contributed by atoms with Gasteiger partial charge in [0.25, 0.3) is 0 Å². The summed E-state index contributed by atoms with van der Waals surface area (Å²) >= 11 is 0. The molecule has 1 rings (SSSR count). The lowest BCUT2D eigenvalue weighted by atomic mass is 9.79. The first-order valence-electron chi connectivity index (χ1n) is 5.82. The number of nitrogens with one attached hydrogen (secondary N) is 1. The molecule has 3 nitrogen and oxygen atoms in total. The minimum Gasteiger partial charge on any atom is -0.317 e. The molecule has 1 aromatic heterocycles. The van der Waals surface area contributed by atoms with Crippen LogP contribution in [0.5, 0.6) is 0 Å². The fourth-order valence-electron chi connectivity index (χ4n) is 1.80. The summed E-state index contributed by atoms with van der Waals surface area (Å²) in [5, 5.41) is 12.7. The van der Waals surface area contributed by atoms with E-state index in [9.17, 15) is 5.26 Å². The molecule has 0 spiro atoms. The monoisotopic (exact) mass is 217 g/mol. The van der Waals surface area contributed by atoms with Crippen LogP contribution in [-0.2, 0) is 5.41 Å². The van der Waals surface area contributed by atoms with Gasteiger partial charge in [-0.2, -0.15) is 5.26 Å². The second-order valence-corrected chi connectivity index (χ2v) is 3.87. The fraction of sp³-hybridized carbons (Fsp3) is 0.538. The van der Waals surface area contributed by atoms with Gasteiger partial charge in [-0.15, -0.1) is 0 Å². The number of hydrogen-bond donors (Lipinski definition) is 1. The summed E-state index contributed by atoms with van der Waals surface area (Å²) < 4.78 is 0. The van der Waals surface area contributed by atoms with Crippen LogP contribution in [0.25, 0.3) is 0 Å². The molecule has 0 aliphatic carbocycles. The van der Waals surface area contributed by atoms with E-state index in [2.05, 4.69) is 23.3 Å². The Hall–Kier alpha value is -1.40. The Morgan fingerprint density at radius 2 is 2.25 bits per heavy atom. The molecule has 0 aromatic carbocycles. The van der Waals surface area contributed by atoms with Crippen LogP contribution in [0.4, 0.5) is 0 Å². The molecule has 3 heteroatoms. The summed E-state index contributed by atoms with van der Waals surface area (Å²) in [5.74, 6) is 0. The van der Waals surface area contributed by atoms with E-state index in [0.717, 1.165) is 31.6 Å². The fourth-order valence-corrected chi connectivity index (χ4v) is 1.80. The number of nitriles is 1. The third-order valence-electron chi connectivity index (χ3n) is 2.95. The predicted octanol–water partition coefficient (Wildman–Crippen LogP) is 2.25. The number of nitrogens with zero attached hydrogens (tertiary/aromatic N) is 2. The second-order valence-electron chi connectivity index (χ2n) is 3.87. The van der Waals surface area contributed by atoms with Crippen molar-refractivity contribution in [2.75, 3.05) is 13.1 Å². The molecule has 1 atom stereocenters. The predicted molar refractivity (Wildman–Crippen MR) is 65.0 cm³/mol. The molecule has 0 aliphatic rings. The molecular formula is C13H19N3. The lowest BCUT2D eigenvalue weighted by Gasteiger charge is -2.24. The molecule has 1 heterocycles. The molecule has 1 aromatic rings. The zero-order valence-corrected chi connectivity index (χ0v) is 10.0. The maximum absolute atomic E-state index is 9.41. The van der Waals surface area contributed by atoms with Crippen molar-refractivity contribution in [1.82, 2.24) is 10.3 Å². The Labute approximate surface area is 97.5 Å². The summed E-state index contributed by atoms with van der Waals surface area (Å²) in [4.78, 5) is 4.32. The molecule has 0 amide bonds. The average molecular weight is 217 g/mol. The molecule has 0 bridgehead atoms. The number of aromatic nitrogens is 1. The van der Waals surface area contributed by atoms with Gasteiger partial charge in [-0.05, 0) is 38.1 Å². The minimum atomic E-state index is -0.441. The van der Waals surface area contributed by atoms with E-state index in [-0.39, 0.29) is 0 Å². The van der Waals surface area contributed by atoms with Crippen molar-refractivity contribution in [2.45, 2.75) is 32.1 Å². The molecule has 16 heavy (non-hydrogen) atoms. The van der Waals surface area contributed by atoms with Gasteiger partial charge in [-0.3, -0.25) is 4.98 Å². The van der Waals surface area contributed by atoms with Gasteiger partial charge in [-0.1, -0.05) is 19.9 Å². The molecule has 86 valence electrons. The van der Waals surface area contributed by atoms with Gasteiger partial charge in [0.1, 0.15) is 5.41 Å². The Morgan fingerprint density at radius 1 is 1.44 bits per heavy atom. The Balaban J connectivity index is 2.85. The molecule has 0 radical (unpaired) electrons. The van der Waals surface area contributed by atoms with Crippen molar-refractivity contribution in [3.05, 3.63) is 30.1 Å². The van der Waals surface area contributed by atoms with Gasteiger partial charge in [0.05, 0.1) is 11.8 Å². The van der Waals surface area contributed by atoms with Gasteiger partial charge >= 0.3 is 0 Å². The molecule has 1 N–H and O–H groups in total. The first-order chi connectivity index (χ1) is 7.79. The summed E-state index contributed by atoms with van der Waals surface area (Å²) in [6.07, 6.45) is 3.36. The third kappa shape index (κ3) is 2.80. The smallest absolute Gasteiger partial charge is 0.100 e. The molecule has 1 unspecified atom stereocenters. The number of hydrogen-bond acceptors (Lipinski definition) is 3. The lowest BCUT2D eigenvalue weighted by molar-refractivity contribution is 0.456. The zero-order valence-electron chi connectivity index (χ0n) is 10.0. The van der Waals surface area contributed by atoms with Crippen LogP contribution in [0, 0.1) is 11.3 Å². The second kappa shape index (κ2) is 6.24. The van der Waals surface area contributed by atoms with Crippen molar-refractivity contribution >= 4 is 0 Å². The van der Waals surface area contributed by atoms with E-state index in [4.69, 9.17) is 0 Å². The maximum atomic E-state index is 9.41. The first-order valence-corrected chi connectivity index (χ1v) is 5.82. The van der Waals surface area contributed by atoms with E-state index < -0.39 is 5.41 Å². The number of pyridine rings is 1. The highest BCUT2D eigenvalue weighted by molar-refractivity contribution is 5.25. The summed E-state index contributed by atoms with van der Waals surface area (Å²) in [6, 6.07) is 8.20. The first kappa shape index (κ1) is 12.7. The minimum absolute atomic E-state index is 0.441. The van der Waals surface area contributed by atoms with Crippen LogP contribution in [0.15, 0.2) is 24.4 Å². The van der Waals surface area contributed by atoms with Crippen molar-refractivity contribution in [1.29, 1.82) is 5.26 Å². The van der Waals surface area contributed by atoms with Gasteiger partial charge in [-0.25, -0.2) is 0 Å². The highest BCUT2D eigenvalue weighted by atomic mass is 14.8. The van der Waals surface area contributed by atoms with Crippen LogP contribution in [0.2, 0.25) is 0 Å². The summed E-state index contributed by atoms with van der Waals surface area (Å²) in [5.41, 5.74) is 0.446. The van der Waals surface area contributed by atoms with Gasteiger partial charge in [0.15, 0.2) is 0 Å². The quantitative estimate of drug-likeness (QED) is 0.743. The average Bonchev–Trinajstić information content (AvgIpc) is 2.36. The highest BCUT2D eigenvalue weighted by Crippen LogP contribution is 2.28. The van der Waals surface area contributed by atoms with E-state index in [1.807, 2.05) is 25.1 Å². The van der Waals surface area contributed by atoms with Crippen LogP contribution in [-0.4, -0.2) is 18.1 Å². The molecule has 0 saturated carbocycles. The van der Waals surface area contributed by atoms with Crippen LogP contribution in [0.1, 0.15) is 32.4 Å². The Morgan fingerprint density at radius 3 is 2.75 bits per heavy atom. The van der Waals surface area contributed by atoms with Gasteiger partial charge in [0.2, 0.25) is 0 Å². The summed E-state index contributed by atoms with van der Waals surface area (Å²) in [6.45, 7) is 5.91. The summed E-state index contributed by atoms with van der Waals surface area (Å²) in [7, 11) is 0. The van der Waals surface area contributed by atoms with Crippen LogP contribution in [0.3, 0.4) is 0 Å². The molecule has 0 saturated heterocycles. The zero-order chi connectivity index (χ0) is 11.9. The lowest BCUT2D eigenvalue weighted by Crippen LogP contribution is -2.30. The molecule has 0 fully saturated rings. The number of rotatable bonds is 6. The van der Waals surface area contributed by atoms with E-state index in [0.29, 0.717) is 0 Å². The SMILES string of the molecule is CCNCCC(C#N)(CC)c1ccccn1. The van der Waals surface area contributed by atoms with Crippen molar-refractivity contribution < 1.29 is 0 Å². The topological polar surface area (TPSA) is 48.7 Å². The van der Waals surface area contributed by atoms with Gasteiger partial charge < -0.3 is 5.32 Å². The standard InChI is InChI=1S/C13H19N3/c1-3-13(11-14,8-10-15-4-2)12-7-5-6-9-16-12/h5-7,9,15H,3-4,8,10H2,1-2H3. The Kier molecular flexibility index (Phi) is 4.94. The van der Waals surface area contributed by atoms with E-state index >= 15 is 0 Å². The van der Waals surface area contributed by atoms with Gasteiger partial charge in [0, 0.05) is 6.20 Å². The largest absolute Gasteiger partial charge is 0.317 e. The van der Waals surface area contributed by atoms with Crippen molar-refractivity contribution in [3.8, 4) is 6.07 Å². The van der Waals surface area contributed by atoms with Crippen molar-refractivity contribution in [3.63, 3.8) is 0 Å². The van der Waals surface area contributed by atoms with E-state index in [1.165, 1.54) is 0 Å². The third-order valence-corrected chi connectivity index (χ3v) is 2.95. The van der Waals surface area contributed by atoms with E-state index in [1.54, 1.807) is 6.20 Å². The van der Waals surface area contributed by atoms with Crippen LogP contribution < -0.4 is 5.32 Å².